The number of hydrogen-bond donors (Lipinski definition) is 1. The van der Waals surface area contributed by atoms with E-state index < -0.39 is 0 Å². The van der Waals surface area contributed by atoms with Crippen molar-refractivity contribution in [2.24, 2.45) is 17.6 Å². The van der Waals surface area contributed by atoms with Gasteiger partial charge in [0.25, 0.3) is 0 Å². The first-order valence-electron chi connectivity index (χ1n) is 4.29. The molecule has 2 fully saturated rings. The highest BCUT2D eigenvalue weighted by Crippen LogP contribution is 2.47. The van der Waals surface area contributed by atoms with Gasteiger partial charge < -0.3 is 5.73 Å². The third kappa shape index (κ3) is 0.891. The van der Waals surface area contributed by atoms with Crippen LogP contribution in [0.5, 0.6) is 0 Å². The Labute approximate surface area is 62.3 Å². The van der Waals surface area contributed by atoms with Crippen LogP contribution in [0.25, 0.3) is 0 Å². The average molecular weight is 137 g/mol. The SMILES string of the molecule is NCC=C1CC2CCC1C2. The number of nitrogens with two attached hydrogens (primary N) is 1. The second-order valence-electron chi connectivity index (χ2n) is 3.59. The van der Waals surface area contributed by atoms with Gasteiger partial charge in [-0.15, -0.1) is 0 Å². The predicted molar refractivity (Wildman–Crippen MR) is 42.6 cm³/mol. The Bertz CT molecular complexity index is 160. The zero-order valence-corrected chi connectivity index (χ0v) is 6.34. The summed E-state index contributed by atoms with van der Waals surface area (Å²) in [6, 6.07) is 0. The fourth-order valence-corrected chi connectivity index (χ4v) is 2.50. The predicted octanol–water partition coefficient (Wildman–Crippen LogP) is 1.69. The minimum atomic E-state index is 0.749. The summed E-state index contributed by atoms with van der Waals surface area (Å²) >= 11 is 0. The van der Waals surface area contributed by atoms with Crippen LogP contribution >= 0.6 is 0 Å². The van der Waals surface area contributed by atoms with Crippen LogP contribution in [0.3, 0.4) is 0 Å². The molecular formula is C9H15N. The van der Waals surface area contributed by atoms with Crippen LogP contribution in [0.1, 0.15) is 25.7 Å². The van der Waals surface area contributed by atoms with Crippen molar-refractivity contribution < 1.29 is 0 Å². The van der Waals surface area contributed by atoms with Crippen molar-refractivity contribution >= 4 is 0 Å². The van der Waals surface area contributed by atoms with Crippen LogP contribution in [0.15, 0.2) is 11.6 Å². The van der Waals surface area contributed by atoms with Crippen LogP contribution in [-0.2, 0) is 0 Å². The topological polar surface area (TPSA) is 26.0 Å². The molecule has 0 amide bonds. The summed E-state index contributed by atoms with van der Waals surface area (Å²) in [5.41, 5.74) is 7.13. The second kappa shape index (κ2) is 2.39. The molecule has 2 aliphatic carbocycles. The first-order chi connectivity index (χ1) is 4.90. The molecule has 2 aliphatic rings. The van der Waals surface area contributed by atoms with Gasteiger partial charge in [-0.25, -0.2) is 0 Å². The van der Waals surface area contributed by atoms with Crippen molar-refractivity contribution in [1.82, 2.24) is 0 Å². The van der Waals surface area contributed by atoms with Gasteiger partial charge in [0.1, 0.15) is 0 Å². The molecule has 2 rings (SSSR count). The molecule has 0 aliphatic heterocycles. The third-order valence-corrected chi connectivity index (χ3v) is 2.97. The van der Waals surface area contributed by atoms with Crippen molar-refractivity contribution in [1.29, 1.82) is 0 Å². The van der Waals surface area contributed by atoms with Crippen LogP contribution in [-0.4, -0.2) is 6.54 Å². The number of rotatable bonds is 1. The molecule has 2 bridgehead atoms. The molecule has 2 saturated carbocycles. The molecule has 0 spiro atoms. The van der Waals surface area contributed by atoms with E-state index in [-0.39, 0.29) is 0 Å². The van der Waals surface area contributed by atoms with Crippen LogP contribution in [0.2, 0.25) is 0 Å². The minimum Gasteiger partial charge on any atom is -0.327 e. The van der Waals surface area contributed by atoms with E-state index in [0.29, 0.717) is 0 Å². The molecule has 1 heteroatoms. The van der Waals surface area contributed by atoms with E-state index in [0.717, 1.165) is 18.4 Å². The molecular weight excluding hydrogens is 122 g/mol. The standard InChI is InChI=1S/C9H15N/c10-4-3-9-6-7-1-2-8(9)5-7/h3,7-8H,1-2,4-6,10H2. The summed E-state index contributed by atoms with van der Waals surface area (Å²) < 4.78 is 0. The van der Waals surface area contributed by atoms with Gasteiger partial charge in [-0.1, -0.05) is 11.6 Å². The summed E-state index contributed by atoms with van der Waals surface area (Å²) in [5.74, 6) is 1.97. The lowest BCUT2D eigenvalue weighted by Crippen LogP contribution is -2.02. The average Bonchev–Trinajstić information content (AvgIpc) is 2.48. The molecule has 0 aromatic carbocycles. The quantitative estimate of drug-likeness (QED) is 0.547. The lowest BCUT2D eigenvalue weighted by Gasteiger charge is -2.12. The van der Waals surface area contributed by atoms with Gasteiger partial charge in [0.05, 0.1) is 0 Å². The Balaban J connectivity index is 2.08. The summed E-state index contributed by atoms with van der Waals surface area (Å²) in [6.07, 6.45) is 7.99. The maximum atomic E-state index is 5.46. The number of allylic oxidation sites excluding steroid dienone is 1. The largest absolute Gasteiger partial charge is 0.327 e. The first-order valence-corrected chi connectivity index (χ1v) is 4.29. The third-order valence-electron chi connectivity index (χ3n) is 2.97. The molecule has 2 atom stereocenters. The Hall–Kier alpha value is -0.300. The minimum absolute atomic E-state index is 0.749. The van der Waals surface area contributed by atoms with Gasteiger partial charge in [-0.3, -0.25) is 0 Å². The smallest absolute Gasteiger partial charge is 0.0109 e. The van der Waals surface area contributed by atoms with Crippen molar-refractivity contribution in [2.45, 2.75) is 25.7 Å². The van der Waals surface area contributed by atoms with Gasteiger partial charge in [0.2, 0.25) is 0 Å². The van der Waals surface area contributed by atoms with Crippen LogP contribution < -0.4 is 5.73 Å². The molecule has 2 unspecified atom stereocenters. The number of hydrogen-bond acceptors (Lipinski definition) is 1. The fourth-order valence-electron chi connectivity index (χ4n) is 2.50. The van der Waals surface area contributed by atoms with E-state index in [2.05, 4.69) is 6.08 Å². The highest BCUT2D eigenvalue weighted by Gasteiger charge is 2.34. The normalized spacial score (nSPS) is 41.5. The summed E-state index contributed by atoms with van der Waals surface area (Å²) in [4.78, 5) is 0. The van der Waals surface area contributed by atoms with Crippen LogP contribution in [0, 0.1) is 11.8 Å². The second-order valence-corrected chi connectivity index (χ2v) is 3.59. The summed E-state index contributed by atoms with van der Waals surface area (Å²) in [7, 11) is 0. The highest BCUT2D eigenvalue weighted by atomic mass is 14.5. The zero-order valence-electron chi connectivity index (χ0n) is 6.34. The maximum absolute atomic E-state index is 5.46. The fraction of sp³-hybridized carbons (Fsp3) is 0.778. The van der Waals surface area contributed by atoms with Gasteiger partial charge in [0, 0.05) is 6.54 Å². The van der Waals surface area contributed by atoms with Crippen molar-refractivity contribution in [3.63, 3.8) is 0 Å². The zero-order chi connectivity index (χ0) is 6.97. The van der Waals surface area contributed by atoms with Gasteiger partial charge in [-0.05, 0) is 37.5 Å². The molecule has 0 aromatic heterocycles. The van der Waals surface area contributed by atoms with Gasteiger partial charge in [-0.2, -0.15) is 0 Å². The summed E-state index contributed by atoms with van der Waals surface area (Å²) in [5, 5.41) is 0. The van der Waals surface area contributed by atoms with E-state index >= 15 is 0 Å². The van der Waals surface area contributed by atoms with Crippen molar-refractivity contribution in [3.8, 4) is 0 Å². The van der Waals surface area contributed by atoms with E-state index in [1.807, 2.05) is 0 Å². The molecule has 0 saturated heterocycles. The van der Waals surface area contributed by atoms with Crippen molar-refractivity contribution in [3.05, 3.63) is 11.6 Å². The van der Waals surface area contributed by atoms with E-state index in [9.17, 15) is 0 Å². The Morgan fingerprint density at radius 2 is 2.40 bits per heavy atom. The van der Waals surface area contributed by atoms with Gasteiger partial charge >= 0.3 is 0 Å². The van der Waals surface area contributed by atoms with E-state index in [1.54, 1.807) is 5.57 Å². The molecule has 56 valence electrons. The van der Waals surface area contributed by atoms with Crippen molar-refractivity contribution in [2.75, 3.05) is 6.54 Å². The highest BCUT2D eigenvalue weighted by molar-refractivity contribution is 5.16. The molecule has 10 heavy (non-hydrogen) atoms. The molecule has 0 heterocycles. The monoisotopic (exact) mass is 137 g/mol. The van der Waals surface area contributed by atoms with E-state index in [4.69, 9.17) is 5.73 Å². The van der Waals surface area contributed by atoms with Crippen LogP contribution in [0.4, 0.5) is 0 Å². The molecule has 2 N–H and O–H groups in total. The lowest BCUT2D eigenvalue weighted by molar-refractivity contribution is 0.560. The summed E-state index contributed by atoms with van der Waals surface area (Å²) in [6.45, 7) is 0.749. The Morgan fingerprint density at radius 1 is 1.50 bits per heavy atom. The van der Waals surface area contributed by atoms with E-state index in [1.165, 1.54) is 25.7 Å². The lowest BCUT2D eigenvalue weighted by atomic mass is 9.95. The molecule has 0 radical (unpaired) electrons. The molecule has 0 aromatic rings. The Morgan fingerprint density at radius 3 is 2.90 bits per heavy atom. The Kier molecular flexibility index (Phi) is 1.53. The number of fused-ring (bicyclic) bond motifs is 2. The first kappa shape index (κ1) is 6.41. The maximum Gasteiger partial charge on any atom is 0.0109 e. The van der Waals surface area contributed by atoms with Gasteiger partial charge in [0.15, 0.2) is 0 Å². The molecule has 1 nitrogen and oxygen atoms in total.